The van der Waals surface area contributed by atoms with Crippen LogP contribution in [0.1, 0.15) is 12.5 Å². The standard InChI is InChI=1S/C11H11N/c1-9-7-8-12-11(9)10-5-3-2-4-6-10/h2-9H,1H3. The SMILES string of the molecule is CC1C=CN=C1c1ccccc1. The van der Waals surface area contributed by atoms with Crippen LogP contribution in [0.15, 0.2) is 47.6 Å². The number of benzene rings is 1. The predicted octanol–water partition coefficient (Wildman–Crippen LogP) is 2.64. The van der Waals surface area contributed by atoms with Crippen LogP contribution in [0, 0.1) is 5.92 Å². The fourth-order valence-corrected chi connectivity index (χ4v) is 1.41. The molecule has 2 rings (SSSR count). The van der Waals surface area contributed by atoms with Gasteiger partial charge in [0.05, 0.1) is 5.71 Å². The maximum atomic E-state index is 4.32. The van der Waals surface area contributed by atoms with Gasteiger partial charge in [0.2, 0.25) is 0 Å². The third-order valence-corrected chi connectivity index (χ3v) is 2.09. The van der Waals surface area contributed by atoms with Crippen molar-refractivity contribution in [2.24, 2.45) is 10.9 Å². The molecule has 60 valence electrons. The fraction of sp³-hybridized carbons (Fsp3) is 0.182. The van der Waals surface area contributed by atoms with Crippen LogP contribution >= 0.6 is 0 Å². The lowest BCUT2D eigenvalue weighted by molar-refractivity contribution is 1.02. The van der Waals surface area contributed by atoms with Crippen LogP contribution in [0.4, 0.5) is 0 Å². The Labute approximate surface area is 72.5 Å². The van der Waals surface area contributed by atoms with Crippen molar-refractivity contribution < 1.29 is 0 Å². The molecule has 1 nitrogen and oxygen atoms in total. The maximum absolute atomic E-state index is 4.32. The zero-order valence-electron chi connectivity index (χ0n) is 7.07. The molecule has 0 spiro atoms. The first kappa shape index (κ1) is 7.29. The Kier molecular flexibility index (Phi) is 1.78. The predicted molar refractivity (Wildman–Crippen MR) is 51.3 cm³/mol. The molecule has 1 heteroatoms. The summed E-state index contributed by atoms with van der Waals surface area (Å²) in [6.45, 7) is 2.16. The smallest absolute Gasteiger partial charge is 0.0542 e. The monoisotopic (exact) mass is 157 g/mol. The Hall–Kier alpha value is -1.37. The number of allylic oxidation sites excluding steroid dienone is 1. The maximum Gasteiger partial charge on any atom is 0.0542 e. The summed E-state index contributed by atoms with van der Waals surface area (Å²) in [7, 11) is 0. The minimum absolute atomic E-state index is 0.465. The third-order valence-electron chi connectivity index (χ3n) is 2.09. The molecule has 0 aliphatic carbocycles. The van der Waals surface area contributed by atoms with Crippen molar-refractivity contribution >= 4 is 5.71 Å². The molecule has 0 fully saturated rings. The fourth-order valence-electron chi connectivity index (χ4n) is 1.41. The molecule has 0 bridgehead atoms. The third kappa shape index (κ3) is 1.18. The van der Waals surface area contributed by atoms with Crippen molar-refractivity contribution in [1.82, 2.24) is 0 Å². The van der Waals surface area contributed by atoms with Gasteiger partial charge in [-0.1, -0.05) is 43.3 Å². The van der Waals surface area contributed by atoms with Gasteiger partial charge in [0.15, 0.2) is 0 Å². The van der Waals surface area contributed by atoms with E-state index in [4.69, 9.17) is 0 Å². The van der Waals surface area contributed by atoms with Crippen molar-refractivity contribution in [1.29, 1.82) is 0 Å². The van der Waals surface area contributed by atoms with E-state index in [-0.39, 0.29) is 0 Å². The van der Waals surface area contributed by atoms with Gasteiger partial charge in [0.1, 0.15) is 0 Å². The second-order valence-electron chi connectivity index (χ2n) is 3.01. The van der Waals surface area contributed by atoms with Crippen molar-refractivity contribution in [3.8, 4) is 0 Å². The summed E-state index contributed by atoms with van der Waals surface area (Å²) >= 11 is 0. The number of hydrogen-bond donors (Lipinski definition) is 0. The molecule has 12 heavy (non-hydrogen) atoms. The largest absolute Gasteiger partial charge is 0.260 e. The van der Waals surface area contributed by atoms with E-state index >= 15 is 0 Å². The summed E-state index contributed by atoms with van der Waals surface area (Å²) in [6, 6.07) is 10.3. The molecule has 0 saturated carbocycles. The van der Waals surface area contributed by atoms with E-state index in [0.717, 1.165) is 0 Å². The van der Waals surface area contributed by atoms with Crippen LogP contribution in [-0.4, -0.2) is 5.71 Å². The van der Waals surface area contributed by atoms with E-state index < -0.39 is 0 Å². The first-order valence-electron chi connectivity index (χ1n) is 4.18. The molecule has 1 heterocycles. The topological polar surface area (TPSA) is 12.4 Å². The quantitative estimate of drug-likeness (QED) is 0.594. The van der Waals surface area contributed by atoms with Crippen LogP contribution in [0.3, 0.4) is 0 Å². The van der Waals surface area contributed by atoms with E-state index in [1.54, 1.807) is 0 Å². The molecule has 1 unspecified atom stereocenters. The molecule has 1 aromatic carbocycles. The molecule has 1 aliphatic heterocycles. The average Bonchev–Trinajstić information content (AvgIpc) is 2.53. The Morgan fingerprint density at radius 1 is 1.17 bits per heavy atom. The van der Waals surface area contributed by atoms with Crippen LogP contribution in [-0.2, 0) is 0 Å². The van der Waals surface area contributed by atoms with Gasteiger partial charge in [0.25, 0.3) is 0 Å². The number of nitrogens with zero attached hydrogens (tertiary/aromatic N) is 1. The van der Waals surface area contributed by atoms with Gasteiger partial charge >= 0.3 is 0 Å². The zero-order chi connectivity index (χ0) is 8.39. The molecular formula is C11H11N. The molecule has 0 amide bonds. The highest BCUT2D eigenvalue weighted by molar-refractivity contribution is 6.04. The minimum Gasteiger partial charge on any atom is -0.260 e. The van der Waals surface area contributed by atoms with E-state index in [1.807, 2.05) is 24.4 Å². The minimum atomic E-state index is 0.465. The number of aliphatic imine (C=N–C) groups is 1. The van der Waals surface area contributed by atoms with Gasteiger partial charge in [-0.25, -0.2) is 0 Å². The van der Waals surface area contributed by atoms with Crippen LogP contribution in [0.2, 0.25) is 0 Å². The van der Waals surface area contributed by atoms with Crippen LogP contribution in [0.25, 0.3) is 0 Å². The lowest BCUT2D eigenvalue weighted by Crippen LogP contribution is -2.06. The van der Waals surface area contributed by atoms with Gasteiger partial charge in [0, 0.05) is 12.1 Å². The summed E-state index contributed by atoms with van der Waals surface area (Å²) in [5.74, 6) is 0.465. The summed E-state index contributed by atoms with van der Waals surface area (Å²) in [6.07, 6.45) is 4.00. The van der Waals surface area contributed by atoms with Crippen molar-refractivity contribution in [3.63, 3.8) is 0 Å². The Balaban J connectivity index is 2.34. The van der Waals surface area contributed by atoms with Crippen molar-refractivity contribution in [3.05, 3.63) is 48.2 Å². The van der Waals surface area contributed by atoms with Crippen LogP contribution < -0.4 is 0 Å². The Morgan fingerprint density at radius 2 is 1.92 bits per heavy atom. The molecule has 0 N–H and O–H groups in total. The van der Waals surface area contributed by atoms with Gasteiger partial charge < -0.3 is 0 Å². The van der Waals surface area contributed by atoms with Crippen molar-refractivity contribution in [2.75, 3.05) is 0 Å². The molecule has 1 aliphatic rings. The lowest BCUT2D eigenvalue weighted by atomic mass is 10.0. The first-order chi connectivity index (χ1) is 5.88. The highest BCUT2D eigenvalue weighted by atomic mass is 14.7. The second-order valence-corrected chi connectivity index (χ2v) is 3.01. The van der Waals surface area contributed by atoms with E-state index in [2.05, 4.69) is 30.1 Å². The molecule has 0 radical (unpaired) electrons. The number of rotatable bonds is 1. The van der Waals surface area contributed by atoms with Gasteiger partial charge in [-0.2, -0.15) is 0 Å². The second kappa shape index (κ2) is 2.94. The normalized spacial score (nSPS) is 21.1. The Bertz CT molecular complexity index is 322. The lowest BCUT2D eigenvalue weighted by Gasteiger charge is -2.04. The highest BCUT2D eigenvalue weighted by Gasteiger charge is 2.12. The van der Waals surface area contributed by atoms with Crippen LogP contribution in [0.5, 0.6) is 0 Å². The number of hydrogen-bond acceptors (Lipinski definition) is 1. The van der Waals surface area contributed by atoms with Gasteiger partial charge in [-0.3, -0.25) is 4.99 Å². The van der Waals surface area contributed by atoms with Gasteiger partial charge in [-0.15, -0.1) is 0 Å². The Morgan fingerprint density at radius 3 is 2.50 bits per heavy atom. The first-order valence-corrected chi connectivity index (χ1v) is 4.18. The van der Waals surface area contributed by atoms with Gasteiger partial charge in [-0.05, 0) is 5.56 Å². The molecule has 0 saturated heterocycles. The summed E-state index contributed by atoms with van der Waals surface area (Å²) in [4.78, 5) is 4.32. The molecule has 1 aromatic rings. The van der Waals surface area contributed by atoms with Crippen molar-refractivity contribution in [2.45, 2.75) is 6.92 Å². The zero-order valence-corrected chi connectivity index (χ0v) is 7.07. The summed E-state index contributed by atoms with van der Waals surface area (Å²) < 4.78 is 0. The average molecular weight is 157 g/mol. The summed E-state index contributed by atoms with van der Waals surface area (Å²) in [5, 5.41) is 0. The molecular weight excluding hydrogens is 146 g/mol. The molecule has 0 aromatic heterocycles. The van der Waals surface area contributed by atoms with E-state index in [9.17, 15) is 0 Å². The van der Waals surface area contributed by atoms with E-state index in [1.165, 1.54) is 11.3 Å². The summed E-state index contributed by atoms with van der Waals surface area (Å²) in [5.41, 5.74) is 2.41. The van der Waals surface area contributed by atoms with E-state index in [0.29, 0.717) is 5.92 Å². The highest BCUT2D eigenvalue weighted by Crippen LogP contribution is 2.15. The molecule has 1 atom stereocenters.